The van der Waals surface area contributed by atoms with E-state index in [1.165, 1.54) is 25.7 Å². The molecule has 0 aliphatic carbocycles. The lowest BCUT2D eigenvalue weighted by molar-refractivity contribution is 0.282. The van der Waals surface area contributed by atoms with Crippen LogP contribution in [0.15, 0.2) is 29.2 Å². The number of sulfonamides is 1. The van der Waals surface area contributed by atoms with E-state index in [1.807, 2.05) is 6.92 Å². The first-order valence-electron chi connectivity index (χ1n) is 8.57. The van der Waals surface area contributed by atoms with Gasteiger partial charge in [-0.25, -0.2) is 13.1 Å². The van der Waals surface area contributed by atoms with Crippen molar-refractivity contribution in [3.8, 4) is 5.75 Å². The topological polar surface area (TPSA) is 58.6 Å². The molecular weight excluding hydrogens is 312 g/mol. The van der Waals surface area contributed by atoms with Gasteiger partial charge in [-0.2, -0.15) is 0 Å². The average molecular weight is 340 g/mol. The summed E-state index contributed by atoms with van der Waals surface area (Å²) >= 11 is 0. The fourth-order valence-electron chi connectivity index (χ4n) is 2.83. The minimum Gasteiger partial charge on any atom is -0.494 e. The van der Waals surface area contributed by atoms with Crippen molar-refractivity contribution < 1.29 is 13.2 Å². The molecule has 1 fully saturated rings. The van der Waals surface area contributed by atoms with Gasteiger partial charge in [-0.3, -0.25) is 0 Å². The van der Waals surface area contributed by atoms with Crippen LogP contribution in [0, 0.1) is 0 Å². The molecule has 1 N–H and O–H groups in total. The van der Waals surface area contributed by atoms with Crippen molar-refractivity contribution in [2.24, 2.45) is 0 Å². The van der Waals surface area contributed by atoms with Crippen molar-refractivity contribution in [1.82, 2.24) is 9.62 Å². The molecule has 0 atom stereocenters. The Balaban J connectivity index is 1.76. The van der Waals surface area contributed by atoms with E-state index in [0.29, 0.717) is 18.9 Å². The molecule has 1 aromatic rings. The highest BCUT2D eigenvalue weighted by Crippen LogP contribution is 2.16. The van der Waals surface area contributed by atoms with E-state index < -0.39 is 10.0 Å². The summed E-state index contributed by atoms with van der Waals surface area (Å²) in [5, 5.41) is 0. The summed E-state index contributed by atoms with van der Waals surface area (Å²) in [7, 11) is -3.43. The van der Waals surface area contributed by atoms with Gasteiger partial charge in [0.2, 0.25) is 10.0 Å². The zero-order valence-corrected chi connectivity index (χ0v) is 14.8. The molecule has 1 aromatic carbocycles. The number of nitrogens with one attached hydrogen (secondary N) is 1. The van der Waals surface area contributed by atoms with E-state index >= 15 is 0 Å². The Kier molecular flexibility index (Phi) is 7.33. The van der Waals surface area contributed by atoms with Gasteiger partial charge in [0.15, 0.2) is 0 Å². The Morgan fingerprint density at radius 2 is 1.74 bits per heavy atom. The molecule has 1 heterocycles. The molecule has 5 nitrogen and oxygen atoms in total. The Hall–Kier alpha value is -1.11. The molecule has 6 heteroatoms. The highest BCUT2D eigenvalue weighted by Gasteiger charge is 2.14. The maximum absolute atomic E-state index is 12.2. The lowest BCUT2D eigenvalue weighted by atomic mass is 10.2. The normalized spacial score (nSPS) is 16.9. The van der Waals surface area contributed by atoms with Crippen LogP contribution in [0.25, 0.3) is 0 Å². The van der Waals surface area contributed by atoms with Crippen molar-refractivity contribution in [1.29, 1.82) is 0 Å². The number of ether oxygens (including phenoxy) is 1. The van der Waals surface area contributed by atoms with Crippen LogP contribution in [0.1, 0.15) is 39.0 Å². The fourth-order valence-corrected chi connectivity index (χ4v) is 3.91. The summed E-state index contributed by atoms with van der Waals surface area (Å²) in [6, 6.07) is 6.55. The molecule has 1 aliphatic rings. The molecule has 23 heavy (non-hydrogen) atoms. The molecule has 0 spiro atoms. The predicted octanol–water partition coefficient (Wildman–Crippen LogP) is 2.63. The number of hydrogen-bond acceptors (Lipinski definition) is 4. The van der Waals surface area contributed by atoms with Crippen LogP contribution in [0.4, 0.5) is 0 Å². The lowest BCUT2D eigenvalue weighted by Gasteiger charge is -2.19. The lowest BCUT2D eigenvalue weighted by Crippen LogP contribution is -2.30. The van der Waals surface area contributed by atoms with Crippen LogP contribution in [0.5, 0.6) is 5.75 Å². The summed E-state index contributed by atoms with van der Waals surface area (Å²) in [5.41, 5.74) is 0. The van der Waals surface area contributed by atoms with Crippen LogP contribution in [-0.2, 0) is 10.0 Å². The molecule has 0 amide bonds. The van der Waals surface area contributed by atoms with E-state index in [0.717, 1.165) is 26.1 Å². The minimum atomic E-state index is -3.43. The standard InChI is InChI=1S/C17H28N2O3S/c1-2-22-16-8-10-17(11-9-16)23(20,21)18-12-7-15-19-13-5-3-4-6-14-19/h8-11,18H,2-7,12-15H2,1H3. The second-order valence-electron chi connectivity index (χ2n) is 5.91. The van der Waals surface area contributed by atoms with E-state index in [2.05, 4.69) is 9.62 Å². The summed E-state index contributed by atoms with van der Waals surface area (Å²) in [5.74, 6) is 0.688. The van der Waals surface area contributed by atoms with Crippen molar-refractivity contribution in [2.45, 2.75) is 43.9 Å². The Morgan fingerprint density at radius 1 is 1.09 bits per heavy atom. The molecule has 0 saturated carbocycles. The van der Waals surface area contributed by atoms with Gasteiger partial charge in [-0.05, 0) is 70.1 Å². The van der Waals surface area contributed by atoms with Crippen LogP contribution in [0.2, 0.25) is 0 Å². The molecular formula is C17H28N2O3S. The summed E-state index contributed by atoms with van der Waals surface area (Å²) in [6.45, 7) is 6.20. The van der Waals surface area contributed by atoms with Gasteiger partial charge in [0, 0.05) is 6.54 Å². The third kappa shape index (κ3) is 6.12. The number of hydrogen-bond donors (Lipinski definition) is 1. The first-order chi connectivity index (χ1) is 11.1. The molecule has 130 valence electrons. The van der Waals surface area contributed by atoms with E-state index in [1.54, 1.807) is 24.3 Å². The van der Waals surface area contributed by atoms with Gasteiger partial charge in [0.1, 0.15) is 5.75 Å². The first kappa shape index (κ1) is 18.2. The second kappa shape index (κ2) is 9.25. The van der Waals surface area contributed by atoms with Gasteiger partial charge in [-0.15, -0.1) is 0 Å². The molecule has 0 aromatic heterocycles. The molecule has 0 unspecified atom stereocenters. The largest absolute Gasteiger partial charge is 0.494 e. The fraction of sp³-hybridized carbons (Fsp3) is 0.647. The highest BCUT2D eigenvalue weighted by atomic mass is 32.2. The smallest absolute Gasteiger partial charge is 0.240 e. The molecule has 0 radical (unpaired) electrons. The number of rotatable bonds is 8. The van der Waals surface area contributed by atoms with Crippen molar-refractivity contribution in [2.75, 3.05) is 32.8 Å². The second-order valence-corrected chi connectivity index (χ2v) is 7.68. The maximum Gasteiger partial charge on any atom is 0.240 e. The predicted molar refractivity (Wildman–Crippen MR) is 92.3 cm³/mol. The summed E-state index contributed by atoms with van der Waals surface area (Å²) in [4.78, 5) is 2.73. The summed E-state index contributed by atoms with van der Waals surface area (Å²) in [6.07, 6.45) is 6.01. The van der Waals surface area contributed by atoms with E-state index in [4.69, 9.17) is 4.74 Å². The van der Waals surface area contributed by atoms with Gasteiger partial charge in [0.05, 0.1) is 11.5 Å². The maximum atomic E-state index is 12.2. The Morgan fingerprint density at radius 3 is 2.35 bits per heavy atom. The molecule has 1 aliphatic heterocycles. The van der Waals surface area contributed by atoms with Gasteiger partial charge in [0.25, 0.3) is 0 Å². The minimum absolute atomic E-state index is 0.288. The first-order valence-corrected chi connectivity index (χ1v) is 10.0. The molecule has 1 saturated heterocycles. The Labute approximate surface area is 140 Å². The molecule has 2 rings (SSSR count). The zero-order valence-electron chi connectivity index (χ0n) is 14.0. The number of benzene rings is 1. The Bertz CT molecular complexity index is 550. The van der Waals surface area contributed by atoms with Crippen molar-refractivity contribution in [3.05, 3.63) is 24.3 Å². The average Bonchev–Trinajstić information content (AvgIpc) is 2.81. The quantitative estimate of drug-likeness (QED) is 0.739. The van der Waals surface area contributed by atoms with Crippen LogP contribution < -0.4 is 9.46 Å². The zero-order chi connectivity index (χ0) is 16.5. The highest BCUT2D eigenvalue weighted by molar-refractivity contribution is 7.89. The van der Waals surface area contributed by atoms with Gasteiger partial charge >= 0.3 is 0 Å². The van der Waals surface area contributed by atoms with Crippen LogP contribution >= 0.6 is 0 Å². The van der Waals surface area contributed by atoms with Gasteiger partial charge in [-0.1, -0.05) is 12.8 Å². The van der Waals surface area contributed by atoms with Crippen LogP contribution in [0.3, 0.4) is 0 Å². The summed E-state index contributed by atoms with van der Waals surface area (Å²) < 4.78 is 32.5. The number of likely N-dealkylation sites (tertiary alicyclic amines) is 1. The SMILES string of the molecule is CCOc1ccc(S(=O)(=O)NCCCN2CCCCCC2)cc1. The third-order valence-corrected chi connectivity index (χ3v) is 5.56. The third-order valence-electron chi connectivity index (χ3n) is 4.09. The van der Waals surface area contributed by atoms with Crippen molar-refractivity contribution in [3.63, 3.8) is 0 Å². The monoisotopic (exact) mass is 340 g/mol. The van der Waals surface area contributed by atoms with Crippen molar-refractivity contribution >= 4 is 10.0 Å². The molecule has 0 bridgehead atoms. The van der Waals surface area contributed by atoms with Crippen LogP contribution in [-0.4, -0.2) is 46.1 Å². The van der Waals surface area contributed by atoms with E-state index in [-0.39, 0.29) is 4.90 Å². The number of nitrogens with zero attached hydrogens (tertiary/aromatic N) is 1. The van der Waals surface area contributed by atoms with Gasteiger partial charge < -0.3 is 9.64 Å². The van der Waals surface area contributed by atoms with E-state index in [9.17, 15) is 8.42 Å².